The van der Waals surface area contributed by atoms with Gasteiger partial charge in [-0.1, -0.05) is 74.3 Å². The first-order chi connectivity index (χ1) is 10.5. The summed E-state index contributed by atoms with van der Waals surface area (Å²) in [6.45, 7) is 0. The number of carbonyl (C=O) groups excluding carboxylic acids is 1. The standard InChI is InChI=1S/C18H19Br2NO/c1-21(2)17(13-6-4-3-5-7-13)16(12-19)18(22)14-8-10-15(20)11-9-14/h3-11,16-17H,12H2,1-2H3/t16-,17-/m1/s1. The van der Waals surface area contributed by atoms with Crippen molar-refractivity contribution in [1.82, 2.24) is 4.90 Å². The van der Waals surface area contributed by atoms with Gasteiger partial charge >= 0.3 is 0 Å². The number of rotatable bonds is 6. The predicted molar refractivity (Wildman–Crippen MR) is 98.6 cm³/mol. The zero-order valence-electron chi connectivity index (χ0n) is 12.7. The van der Waals surface area contributed by atoms with Gasteiger partial charge in [-0.25, -0.2) is 0 Å². The summed E-state index contributed by atoms with van der Waals surface area (Å²) in [5.41, 5.74) is 1.90. The van der Waals surface area contributed by atoms with E-state index in [0.29, 0.717) is 5.33 Å². The molecule has 116 valence electrons. The quantitative estimate of drug-likeness (QED) is 0.483. The summed E-state index contributed by atoms with van der Waals surface area (Å²) in [6.07, 6.45) is 0. The van der Waals surface area contributed by atoms with Crippen molar-refractivity contribution in [2.75, 3.05) is 19.4 Å². The number of Topliss-reactive ketones (excluding diaryl/α,β-unsaturated/α-hetero) is 1. The van der Waals surface area contributed by atoms with Crippen molar-refractivity contribution in [3.63, 3.8) is 0 Å². The van der Waals surface area contributed by atoms with Gasteiger partial charge in [0.05, 0.1) is 5.92 Å². The molecule has 0 amide bonds. The van der Waals surface area contributed by atoms with Crippen molar-refractivity contribution in [2.45, 2.75) is 6.04 Å². The Bertz CT molecular complexity index is 611. The third-order valence-corrected chi connectivity index (χ3v) is 4.94. The predicted octanol–water partition coefficient (Wildman–Crippen LogP) is 4.95. The summed E-state index contributed by atoms with van der Waals surface area (Å²) in [5.74, 6) is 0.0190. The van der Waals surface area contributed by atoms with Crippen LogP contribution in [0.1, 0.15) is 22.0 Å². The molecule has 0 saturated heterocycles. The molecule has 0 bridgehead atoms. The molecule has 0 aliphatic heterocycles. The Kier molecular flexibility index (Phi) is 6.36. The molecule has 2 aromatic carbocycles. The van der Waals surface area contributed by atoms with Crippen LogP contribution in [-0.4, -0.2) is 30.1 Å². The average Bonchev–Trinajstić information content (AvgIpc) is 2.53. The fraction of sp³-hybridized carbons (Fsp3) is 0.278. The lowest BCUT2D eigenvalue weighted by Gasteiger charge is -2.31. The van der Waals surface area contributed by atoms with Crippen molar-refractivity contribution >= 4 is 37.6 Å². The van der Waals surface area contributed by atoms with Crippen molar-refractivity contribution in [2.24, 2.45) is 5.92 Å². The Morgan fingerprint density at radius 3 is 2.14 bits per heavy atom. The Hall–Kier alpha value is -0.970. The number of carbonyl (C=O) groups is 1. The van der Waals surface area contributed by atoms with Gasteiger partial charge in [0, 0.05) is 21.4 Å². The van der Waals surface area contributed by atoms with E-state index in [1.54, 1.807) is 0 Å². The first-order valence-corrected chi connectivity index (χ1v) is 9.03. The molecule has 0 fully saturated rings. The lowest BCUT2D eigenvalue weighted by Crippen LogP contribution is -2.33. The van der Waals surface area contributed by atoms with Gasteiger partial charge in [-0.3, -0.25) is 4.79 Å². The maximum Gasteiger partial charge on any atom is 0.168 e. The van der Waals surface area contributed by atoms with E-state index in [4.69, 9.17) is 0 Å². The lowest BCUT2D eigenvalue weighted by atomic mass is 9.87. The van der Waals surface area contributed by atoms with Crippen molar-refractivity contribution in [3.8, 4) is 0 Å². The van der Waals surface area contributed by atoms with E-state index in [2.05, 4.69) is 48.9 Å². The van der Waals surface area contributed by atoms with E-state index in [0.717, 1.165) is 15.6 Å². The molecular weight excluding hydrogens is 406 g/mol. The second-order valence-corrected chi connectivity index (χ2v) is 7.01. The zero-order chi connectivity index (χ0) is 16.1. The molecule has 0 aliphatic rings. The van der Waals surface area contributed by atoms with Gasteiger partial charge in [0.15, 0.2) is 5.78 Å². The molecule has 0 spiro atoms. The van der Waals surface area contributed by atoms with Crippen LogP contribution >= 0.6 is 31.9 Å². The topological polar surface area (TPSA) is 20.3 Å². The minimum Gasteiger partial charge on any atom is -0.302 e. The van der Waals surface area contributed by atoms with E-state index in [1.807, 2.05) is 56.6 Å². The van der Waals surface area contributed by atoms with Crippen LogP contribution in [0.3, 0.4) is 0 Å². The van der Waals surface area contributed by atoms with E-state index >= 15 is 0 Å². The van der Waals surface area contributed by atoms with Crippen molar-refractivity contribution < 1.29 is 4.79 Å². The first kappa shape index (κ1) is 17.4. The highest BCUT2D eigenvalue weighted by Gasteiger charge is 2.30. The number of benzene rings is 2. The Morgan fingerprint density at radius 2 is 1.64 bits per heavy atom. The van der Waals surface area contributed by atoms with Crippen LogP contribution in [0.4, 0.5) is 0 Å². The summed E-state index contributed by atoms with van der Waals surface area (Å²) < 4.78 is 0.978. The smallest absolute Gasteiger partial charge is 0.168 e. The second-order valence-electron chi connectivity index (χ2n) is 5.45. The SMILES string of the molecule is CN(C)[C@H](c1ccccc1)[C@@H](CBr)C(=O)c1ccc(Br)cc1. The Morgan fingerprint density at radius 1 is 1.05 bits per heavy atom. The molecule has 0 saturated carbocycles. The minimum absolute atomic E-state index is 0.0386. The minimum atomic E-state index is -0.140. The maximum absolute atomic E-state index is 12.9. The summed E-state index contributed by atoms with van der Waals surface area (Å²) in [7, 11) is 4.03. The zero-order valence-corrected chi connectivity index (χ0v) is 15.8. The molecule has 4 heteroatoms. The average molecular weight is 425 g/mol. The van der Waals surface area contributed by atoms with E-state index in [9.17, 15) is 4.79 Å². The number of alkyl halides is 1. The molecule has 22 heavy (non-hydrogen) atoms. The number of ketones is 1. The highest BCUT2D eigenvalue weighted by Crippen LogP contribution is 2.31. The third-order valence-electron chi connectivity index (χ3n) is 3.71. The fourth-order valence-electron chi connectivity index (χ4n) is 2.67. The van der Waals surface area contributed by atoms with Gasteiger partial charge in [-0.15, -0.1) is 0 Å². The second kappa shape index (κ2) is 8.04. The molecule has 0 aliphatic carbocycles. The molecule has 0 unspecified atom stereocenters. The summed E-state index contributed by atoms with van der Waals surface area (Å²) >= 11 is 6.95. The highest BCUT2D eigenvalue weighted by molar-refractivity contribution is 9.10. The fourth-order valence-corrected chi connectivity index (χ4v) is 3.58. The highest BCUT2D eigenvalue weighted by atomic mass is 79.9. The van der Waals surface area contributed by atoms with Gasteiger partial charge in [0.25, 0.3) is 0 Å². The molecule has 0 N–H and O–H groups in total. The molecule has 2 atom stereocenters. The van der Waals surface area contributed by atoms with Gasteiger partial charge in [-0.2, -0.15) is 0 Å². The summed E-state index contributed by atoms with van der Waals surface area (Å²) in [6, 6.07) is 17.8. The van der Waals surface area contributed by atoms with Crippen LogP contribution in [0.15, 0.2) is 59.1 Å². The van der Waals surface area contributed by atoms with E-state index in [-0.39, 0.29) is 17.7 Å². The molecule has 2 nitrogen and oxygen atoms in total. The number of halogens is 2. The molecule has 0 aromatic heterocycles. The van der Waals surface area contributed by atoms with Crippen LogP contribution in [0.2, 0.25) is 0 Å². The monoisotopic (exact) mass is 423 g/mol. The maximum atomic E-state index is 12.9. The van der Waals surface area contributed by atoms with Crippen LogP contribution in [0, 0.1) is 5.92 Å². The molecule has 0 heterocycles. The van der Waals surface area contributed by atoms with Gasteiger partial charge < -0.3 is 4.90 Å². The molecule has 0 radical (unpaired) electrons. The number of hydrogen-bond acceptors (Lipinski definition) is 2. The van der Waals surface area contributed by atoms with E-state index in [1.165, 1.54) is 0 Å². The molecular formula is C18H19Br2NO. The lowest BCUT2D eigenvalue weighted by molar-refractivity contribution is 0.0857. The van der Waals surface area contributed by atoms with Crippen LogP contribution < -0.4 is 0 Å². The Labute approximate surface area is 148 Å². The molecule has 2 rings (SSSR count). The van der Waals surface area contributed by atoms with E-state index < -0.39 is 0 Å². The normalized spacial score (nSPS) is 13.9. The largest absolute Gasteiger partial charge is 0.302 e. The van der Waals surface area contributed by atoms with Crippen LogP contribution in [-0.2, 0) is 0 Å². The summed E-state index contributed by atoms with van der Waals surface area (Å²) in [4.78, 5) is 15.0. The van der Waals surface area contributed by atoms with Crippen molar-refractivity contribution in [3.05, 3.63) is 70.2 Å². The molecule has 2 aromatic rings. The van der Waals surface area contributed by atoms with Crippen molar-refractivity contribution in [1.29, 1.82) is 0 Å². The van der Waals surface area contributed by atoms with Gasteiger partial charge in [-0.05, 0) is 31.8 Å². The van der Waals surface area contributed by atoms with Crippen LogP contribution in [0.25, 0.3) is 0 Å². The van der Waals surface area contributed by atoms with Gasteiger partial charge in [0.1, 0.15) is 0 Å². The summed E-state index contributed by atoms with van der Waals surface area (Å²) in [5, 5.41) is 0.625. The number of hydrogen-bond donors (Lipinski definition) is 0. The van der Waals surface area contributed by atoms with Gasteiger partial charge in [0.2, 0.25) is 0 Å². The first-order valence-electron chi connectivity index (χ1n) is 7.11. The van der Waals surface area contributed by atoms with Crippen LogP contribution in [0.5, 0.6) is 0 Å². The Balaban J connectivity index is 2.35. The number of nitrogens with zero attached hydrogens (tertiary/aromatic N) is 1. The third kappa shape index (κ3) is 4.06.